The van der Waals surface area contributed by atoms with Gasteiger partial charge in [-0.15, -0.1) is 0 Å². The number of carbonyl (C=O) groups excluding carboxylic acids is 1. The molecule has 2 atom stereocenters. The Morgan fingerprint density at radius 2 is 1.48 bits per heavy atom. The van der Waals surface area contributed by atoms with Gasteiger partial charge < -0.3 is 4.90 Å². The Labute approximate surface area is 126 Å². The summed E-state index contributed by atoms with van der Waals surface area (Å²) < 4.78 is 0. The molecule has 1 saturated heterocycles. The molecule has 1 aliphatic rings. The number of benzene rings is 2. The summed E-state index contributed by atoms with van der Waals surface area (Å²) in [7, 11) is 0. The number of amides is 1. The Bertz CT molecular complexity index is 593. The van der Waals surface area contributed by atoms with Crippen LogP contribution in [0.1, 0.15) is 42.9 Å². The van der Waals surface area contributed by atoms with Crippen LogP contribution in [0, 0.1) is 0 Å². The number of hydrogen-bond acceptors (Lipinski definition) is 1. The summed E-state index contributed by atoms with van der Waals surface area (Å²) in [5, 5.41) is 0. The van der Waals surface area contributed by atoms with E-state index < -0.39 is 0 Å². The normalized spacial score (nSPS) is 21.2. The molecule has 2 aromatic carbocycles. The first-order chi connectivity index (χ1) is 10.3. The molecular weight excluding hydrogens is 258 g/mol. The molecular formula is C19H21NO. The highest BCUT2D eigenvalue weighted by Gasteiger charge is 2.47. The second-order valence-corrected chi connectivity index (χ2v) is 5.63. The number of hydrogen-bond donors (Lipinski definition) is 0. The van der Waals surface area contributed by atoms with Gasteiger partial charge in [0.1, 0.15) is 0 Å². The van der Waals surface area contributed by atoms with Gasteiger partial charge in [-0.3, -0.25) is 4.79 Å². The van der Waals surface area contributed by atoms with Gasteiger partial charge in [0, 0.05) is 6.54 Å². The van der Waals surface area contributed by atoms with Gasteiger partial charge in [0.15, 0.2) is 0 Å². The third kappa shape index (κ3) is 2.58. The molecule has 1 aliphatic heterocycles. The van der Waals surface area contributed by atoms with Crippen molar-refractivity contribution in [3.63, 3.8) is 0 Å². The zero-order chi connectivity index (χ0) is 14.7. The van der Waals surface area contributed by atoms with Gasteiger partial charge in [-0.1, -0.05) is 74.0 Å². The molecule has 0 spiro atoms. The smallest absolute Gasteiger partial charge is 0.233 e. The fraction of sp³-hybridized carbons (Fsp3) is 0.316. The van der Waals surface area contributed by atoms with Gasteiger partial charge in [0.2, 0.25) is 5.91 Å². The van der Waals surface area contributed by atoms with Crippen LogP contribution in [0.3, 0.4) is 0 Å². The molecule has 0 aliphatic carbocycles. The van der Waals surface area contributed by atoms with Crippen LogP contribution in [0.2, 0.25) is 0 Å². The maximum Gasteiger partial charge on any atom is 0.233 e. The molecule has 3 rings (SSSR count). The lowest BCUT2D eigenvalue weighted by molar-refractivity contribution is -0.150. The van der Waals surface area contributed by atoms with Gasteiger partial charge in [0.05, 0.1) is 12.0 Å². The van der Waals surface area contributed by atoms with Crippen molar-refractivity contribution in [1.82, 2.24) is 4.90 Å². The lowest BCUT2D eigenvalue weighted by Crippen LogP contribution is -2.53. The predicted octanol–water partition coefficient (Wildman–Crippen LogP) is 4.15. The first-order valence-corrected chi connectivity index (χ1v) is 7.73. The van der Waals surface area contributed by atoms with Crippen LogP contribution in [0.5, 0.6) is 0 Å². The molecule has 2 heteroatoms. The highest BCUT2D eigenvalue weighted by atomic mass is 16.2. The molecule has 2 nitrogen and oxygen atoms in total. The summed E-state index contributed by atoms with van der Waals surface area (Å²) >= 11 is 0. The van der Waals surface area contributed by atoms with Crippen LogP contribution in [0.4, 0.5) is 0 Å². The van der Waals surface area contributed by atoms with Crippen LogP contribution in [0.25, 0.3) is 0 Å². The van der Waals surface area contributed by atoms with E-state index in [4.69, 9.17) is 0 Å². The Hall–Kier alpha value is -2.09. The SMILES string of the molecule is CCCCN1C(=O)[C@H](c2ccccc2)[C@H]1c1ccccc1. The molecule has 0 unspecified atom stereocenters. The lowest BCUT2D eigenvalue weighted by atomic mass is 9.77. The largest absolute Gasteiger partial charge is 0.334 e. The third-order valence-electron chi connectivity index (χ3n) is 4.25. The van der Waals surface area contributed by atoms with E-state index in [0.717, 1.165) is 24.9 Å². The maximum atomic E-state index is 12.6. The van der Waals surface area contributed by atoms with Crippen molar-refractivity contribution in [2.45, 2.75) is 31.7 Å². The molecule has 2 aromatic rings. The molecule has 21 heavy (non-hydrogen) atoms. The predicted molar refractivity (Wildman–Crippen MR) is 85.0 cm³/mol. The fourth-order valence-corrected chi connectivity index (χ4v) is 3.13. The fourth-order valence-electron chi connectivity index (χ4n) is 3.13. The maximum absolute atomic E-state index is 12.6. The molecule has 0 radical (unpaired) electrons. The Kier molecular flexibility index (Phi) is 4.05. The minimum Gasteiger partial charge on any atom is -0.334 e. The number of likely N-dealkylation sites (tertiary alicyclic amines) is 1. The number of nitrogens with zero attached hydrogens (tertiary/aromatic N) is 1. The second kappa shape index (κ2) is 6.13. The van der Waals surface area contributed by atoms with E-state index in [0.29, 0.717) is 0 Å². The van der Waals surface area contributed by atoms with E-state index in [1.807, 2.05) is 29.2 Å². The van der Waals surface area contributed by atoms with Gasteiger partial charge >= 0.3 is 0 Å². The van der Waals surface area contributed by atoms with E-state index in [2.05, 4.69) is 43.3 Å². The van der Waals surface area contributed by atoms with Crippen LogP contribution >= 0.6 is 0 Å². The average molecular weight is 279 g/mol. The molecule has 0 bridgehead atoms. The standard InChI is InChI=1S/C19H21NO/c1-2-3-14-20-18(16-12-8-5-9-13-16)17(19(20)21)15-10-6-4-7-11-15/h4-13,17-18H,2-3,14H2,1H3/t17-,18-/m1/s1. The van der Waals surface area contributed by atoms with E-state index in [9.17, 15) is 4.79 Å². The number of β-lactam (4-membered cyclic amide) rings is 1. The van der Waals surface area contributed by atoms with Crippen LogP contribution in [-0.4, -0.2) is 17.4 Å². The van der Waals surface area contributed by atoms with Crippen LogP contribution in [-0.2, 0) is 4.79 Å². The number of carbonyl (C=O) groups is 1. The van der Waals surface area contributed by atoms with Gasteiger partial charge in [0.25, 0.3) is 0 Å². The van der Waals surface area contributed by atoms with Crippen molar-refractivity contribution in [2.24, 2.45) is 0 Å². The van der Waals surface area contributed by atoms with Crippen LogP contribution in [0.15, 0.2) is 60.7 Å². The first-order valence-electron chi connectivity index (χ1n) is 7.73. The Morgan fingerprint density at radius 3 is 2.05 bits per heavy atom. The summed E-state index contributed by atoms with van der Waals surface area (Å²) in [5.74, 6) is 0.244. The minimum absolute atomic E-state index is 0.0227. The molecule has 108 valence electrons. The quantitative estimate of drug-likeness (QED) is 0.753. The summed E-state index contributed by atoms with van der Waals surface area (Å²) in [6.07, 6.45) is 2.18. The number of unbranched alkanes of at least 4 members (excludes halogenated alkanes) is 1. The molecule has 1 heterocycles. The van der Waals surface area contributed by atoms with Crippen molar-refractivity contribution in [3.05, 3.63) is 71.8 Å². The lowest BCUT2D eigenvalue weighted by Gasteiger charge is -2.48. The van der Waals surface area contributed by atoms with Crippen molar-refractivity contribution < 1.29 is 4.79 Å². The van der Waals surface area contributed by atoms with Crippen molar-refractivity contribution in [2.75, 3.05) is 6.54 Å². The first kappa shape index (κ1) is 13.9. The highest BCUT2D eigenvalue weighted by Crippen LogP contribution is 2.46. The Morgan fingerprint density at radius 1 is 0.905 bits per heavy atom. The zero-order valence-corrected chi connectivity index (χ0v) is 12.4. The number of rotatable bonds is 5. The van der Waals surface area contributed by atoms with E-state index in [-0.39, 0.29) is 17.9 Å². The summed E-state index contributed by atoms with van der Waals surface area (Å²) in [6.45, 7) is 3.02. The summed E-state index contributed by atoms with van der Waals surface area (Å²) in [6, 6.07) is 20.7. The Balaban J connectivity index is 1.91. The molecule has 0 aromatic heterocycles. The third-order valence-corrected chi connectivity index (χ3v) is 4.25. The molecule has 0 saturated carbocycles. The highest BCUT2D eigenvalue weighted by molar-refractivity contribution is 5.91. The monoisotopic (exact) mass is 279 g/mol. The van der Waals surface area contributed by atoms with Gasteiger partial charge in [-0.05, 0) is 17.5 Å². The topological polar surface area (TPSA) is 20.3 Å². The molecule has 1 amide bonds. The van der Waals surface area contributed by atoms with E-state index in [1.54, 1.807) is 0 Å². The molecule has 0 N–H and O–H groups in total. The second-order valence-electron chi connectivity index (χ2n) is 5.63. The van der Waals surface area contributed by atoms with Gasteiger partial charge in [-0.2, -0.15) is 0 Å². The molecule has 1 fully saturated rings. The average Bonchev–Trinajstić information content (AvgIpc) is 2.54. The zero-order valence-electron chi connectivity index (χ0n) is 12.4. The minimum atomic E-state index is -0.0227. The van der Waals surface area contributed by atoms with Crippen LogP contribution < -0.4 is 0 Å². The summed E-state index contributed by atoms with van der Waals surface area (Å²) in [5.41, 5.74) is 2.37. The van der Waals surface area contributed by atoms with Gasteiger partial charge in [-0.25, -0.2) is 0 Å². The van der Waals surface area contributed by atoms with E-state index >= 15 is 0 Å². The van der Waals surface area contributed by atoms with Crippen molar-refractivity contribution in [1.29, 1.82) is 0 Å². The van der Waals surface area contributed by atoms with Crippen molar-refractivity contribution >= 4 is 5.91 Å². The summed E-state index contributed by atoms with van der Waals surface area (Å²) in [4.78, 5) is 14.6. The van der Waals surface area contributed by atoms with Crippen molar-refractivity contribution in [3.8, 4) is 0 Å². The van der Waals surface area contributed by atoms with E-state index in [1.165, 1.54) is 5.56 Å².